The van der Waals surface area contributed by atoms with Crippen molar-refractivity contribution in [2.24, 2.45) is 11.8 Å². The van der Waals surface area contributed by atoms with Crippen LogP contribution in [-0.4, -0.2) is 81.1 Å². The second-order valence-electron chi connectivity index (χ2n) is 9.38. The number of amides is 2. The van der Waals surface area contributed by atoms with Gasteiger partial charge in [0.1, 0.15) is 0 Å². The van der Waals surface area contributed by atoms with E-state index in [9.17, 15) is 9.59 Å². The summed E-state index contributed by atoms with van der Waals surface area (Å²) >= 11 is 6.25. The molecule has 34 heavy (non-hydrogen) atoms. The van der Waals surface area contributed by atoms with Crippen LogP contribution >= 0.6 is 11.6 Å². The number of rotatable bonds is 8. The monoisotopic (exact) mass is 487 g/mol. The van der Waals surface area contributed by atoms with Crippen LogP contribution in [0.3, 0.4) is 0 Å². The molecule has 10 heteroatoms. The molecule has 4 rings (SSSR count). The van der Waals surface area contributed by atoms with Gasteiger partial charge in [0.2, 0.25) is 11.8 Å². The maximum Gasteiger partial charge on any atom is 0.230 e. The summed E-state index contributed by atoms with van der Waals surface area (Å²) < 4.78 is 0. The van der Waals surface area contributed by atoms with E-state index in [0.717, 1.165) is 51.1 Å². The predicted octanol–water partition coefficient (Wildman–Crippen LogP) is 2.72. The molecule has 1 aromatic carbocycles. The lowest BCUT2D eigenvalue weighted by atomic mass is 9.94. The smallest absolute Gasteiger partial charge is 0.230 e. The van der Waals surface area contributed by atoms with E-state index in [-0.39, 0.29) is 17.7 Å². The molecule has 2 aromatic rings. The Morgan fingerprint density at radius 3 is 2.53 bits per heavy atom. The van der Waals surface area contributed by atoms with Crippen LogP contribution in [-0.2, 0) is 16.1 Å². The molecule has 0 N–H and O–H groups in total. The first kappa shape index (κ1) is 24.6. The Morgan fingerprint density at radius 1 is 1.12 bits per heavy atom. The molecule has 1 aromatic heterocycles. The van der Waals surface area contributed by atoms with Crippen molar-refractivity contribution in [2.75, 3.05) is 44.2 Å². The lowest BCUT2D eigenvalue weighted by Gasteiger charge is -2.35. The summed E-state index contributed by atoms with van der Waals surface area (Å²) in [6.07, 6.45) is 6.04. The Hall–Kier alpha value is -2.52. The number of halogens is 1. The number of nitrogens with zero attached hydrogens (tertiary/aromatic N) is 7. The zero-order valence-corrected chi connectivity index (χ0v) is 20.6. The minimum Gasteiger partial charge on any atom is -0.343 e. The molecule has 2 amide bonds. The third kappa shape index (κ3) is 6.54. The summed E-state index contributed by atoms with van der Waals surface area (Å²) in [5, 5.41) is 12.5. The summed E-state index contributed by atoms with van der Waals surface area (Å²) in [7, 11) is 0. The molecule has 0 spiro atoms. The van der Waals surface area contributed by atoms with Crippen LogP contribution in [0.2, 0.25) is 5.02 Å². The van der Waals surface area contributed by atoms with Crippen LogP contribution < -0.4 is 4.90 Å². The maximum absolute atomic E-state index is 13.5. The van der Waals surface area contributed by atoms with Gasteiger partial charge in [-0.2, -0.15) is 4.80 Å². The van der Waals surface area contributed by atoms with Gasteiger partial charge in [-0.25, -0.2) is 0 Å². The van der Waals surface area contributed by atoms with Crippen LogP contribution in [0, 0.1) is 11.8 Å². The van der Waals surface area contributed by atoms with E-state index < -0.39 is 0 Å². The summed E-state index contributed by atoms with van der Waals surface area (Å²) in [5.41, 5.74) is 0.852. The molecule has 0 unspecified atom stereocenters. The van der Waals surface area contributed by atoms with Crippen LogP contribution in [0.25, 0.3) is 0 Å². The molecule has 3 heterocycles. The molecular formula is C24H34ClN7O2. The predicted molar refractivity (Wildman–Crippen MR) is 130 cm³/mol. The van der Waals surface area contributed by atoms with E-state index in [1.165, 1.54) is 6.33 Å². The number of piperidine rings is 2. The lowest BCUT2D eigenvalue weighted by molar-refractivity contribution is -0.133. The average Bonchev–Trinajstić information content (AvgIpc) is 3.35. The number of carbonyl (C=O) groups is 2. The fourth-order valence-electron chi connectivity index (χ4n) is 5.02. The van der Waals surface area contributed by atoms with E-state index >= 15 is 0 Å². The fraction of sp³-hybridized carbons (Fsp3) is 0.625. The second-order valence-corrected chi connectivity index (χ2v) is 9.82. The third-order valence-electron chi connectivity index (χ3n) is 7.05. The fourth-order valence-corrected chi connectivity index (χ4v) is 5.20. The van der Waals surface area contributed by atoms with Gasteiger partial charge in [-0.3, -0.25) is 9.59 Å². The number of anilines is 1. The van der Waals surface area contributed by atoms with E-state index in [4.69, 9.17) is 11.6 Å². The molecule has 0 radical (unpaired) electrons. The highest BCUT2D eigenvalue weighted by atomic mass is 35.5. The molecule has 0 atom stereocenters. The highest BCUT2D eigenvalue weighted by Gasteiger charge is 2.30. The highest BCUT2D eigenvalue weighted by molar-refractivity contribution is 6.30. The number of likely N-dealkylation sites (tertiary alicyclic amines) is 2. The molecule has 0 bridgehead atoms. The van der Waals surface area contributed by atoms with Crippen molar-refractivity contribution >= 4 is 29.1 Å². The largest absolute Gasteiger partial charge is 0.343 e. The highest BCUT2D eigenvalue weighted by Crippen LogP contribution is 2.26. The molecule has 2 aliphatic heterocycles. The first-order chi connectivity index (χ1) is 16.5. The summed E-state index contributed by atoms with van der Waals surface area (Å²) in [6.45, 7) is 7.43. The minimum atomic E-state index is -0.0595. The van der Waals surface area contributed by atoms with E-state index in [1.54, 1.807) is 11.7 Å². The molecule has 9 nitrogen and oxygen atoms in total. The van der Waals surface area contributed by atoms with Crippen LogP contribution in [0.1, 0.15) is 39.0 Å². The topological polar surface area (TPSA) is 87.5 Å². The Labute approximate surface area is 206 Å². The SMILES string of the molecule is CC(=O)N1CCC(C(=O)N(CCCN2CCC(Cn3ncnn3)CC2)c2cccc(Cl)c2)CC1. The first-order valence-corrected chi connectivity index (χ1v) is 12.6. The van der Waals surface area contributed by atoms with Crippen LogP contribution in [0.5, 0.6) is 0 Å². The van der Waals surface area contributed by atoms with Gasteiger partial charge in [0, 0.05) is 43.2 Å². The van der Waals surface area contributed by atoms with Gasteiger partial charge in [-0.15, -0.1) is 10.2 Å². The van der Waals surface area contributed by atoms with Crippen molar-refractivity contribution < 1.29 is 9.59 Å². The van der Waals surface area contributed by atoms with Gasteiger partial charge in [0.15, 0.2) is 6.33 Å². The Bertz CT molecular complexity index is 939. The van der Waals surface area contributed by atoms with Crippen LogP contribution in [0.15, 0.2) is 30.6 Å². The quantitative estimate of drug-likeness (QED) is 0.569. The Morgan fingerprint density at radius 2 is 1.88 bits per heavy atom. The van der Waals surface area contributed by atoms with Crippen molar-refractivity contribution in [2.45, 2.75) is 45.6 Å². The maximum atomic E-state index is 13.5. The summed E-state index contributed by atoms with van der Waals surface area (Å²) in [5.74, 6) is 0.745. The standard InChI is InChI=1S/C24H34ClN7O2/c1-19(33)30-14-8-21(9-15-30)24(34)31(23-5-2-4-22(25)16-23)11-3-10-29-12-6-20(7-13-29)17-32-27-18-26-28-32/h2,4-5,16,18,20-21H,3,6-15,17H2,1H3. The molecule has 184 valence electrons. The van der Waals surface area contributed by atoms with Gasteiger partial charge in [-0.1, -0.05) is 17.7 Å². The molecule has 2 fully saturated rings. The Kier molecular flexibility index (Phi) is 8.50. The second kappa shape index (κ2) is 11.8. The number of tetrazole rings is 1. The van der Waals surface area contributed by atoms with E-state index in [1.807, 2.05) is 34.1 Å². The zero-order valence-electron chi connectivity index (χ0n) is 19.9. The molecule has 2 saturated heterocycles. The zero-order chi connectivity index (χ0) is 23.9. The van der Waals surface area contributed by atoms with Crippen molar-refractivity contribution in [1.82, 2.24) is 30.0 Å². The first-order valence-electron chi connectivity index (χ1n) is 12.2. The summed E-state index contributed by atoms with van der Waals surface area (Å²) in [6, 6.07) is 7.55. The van der Waals surface area contributed by atoms with Gasteiger partial charge in [0.05, 0.1) is 6.54 Å². The lowest BCUT2D eigenvalue weighted by Crippen LogP contribution is -2.45. The molecule has 2 aliphatic rings. The van der Waals surface area contributed by atoms with Crippen molar-refractivity contribution in [3.63, 3.8) is 0 Å². The van der Waals surface area contributed by atoms with Crippen molar-refractivity contribution in [3.8, 4) is 0 Å². The van der Waals surface area contributed by atoms with Gasteiger partial charge < -0.3 is 14.7 Å². The number of aromatic nitrogens is 4. The Balaban J connectivity index is 1.30. The van der Waals surface area contributed by atoms with E-state index in [0.29, 0.717) is 43.4 Å². The molecule has 0 saturated carbocycles. The average molecular weight is 488 g/mol. The van der Waals surface area contributed by atoms with Crippen molar-refractivity contribution in [1.29, 1.82) is 0 Å². The molecular weight excluding hydrogens is 454 g/mol. The van der Waals surface area contributed by atoms with Gasteiger partial charge >= 0.3 is 0 Å². The van der Waals surface area contributed by atoms with Crippen molar-refractivity contribution in [3.05, 3.63) is 35.6 Å². The molecule has 0 aliphatic carbocycles. The van der Waals surface area contributed by atoms with Gasteiger partial charge in [-0.05, 0) is 81.1 Å². The summed E-state index contributed by atoms with van der Waals surface area (Å²) in [4.78, 5) is 33.1. The minimum absolute atomic E-state index is 0.0595. The number of carbonyl (C=O) groups excluding carboxylic acids is 2. The normalized spacial score (nSPS) is 18.2. The third-order valence-corrected chi connectivity index (χ3v) is 7.29. The number of hydrogen-bond donors (Lipinski definition) is 0. The number of hydrogen-bond acceptors (Lipinski definition) is 6. The van der Waals surface area contributed by atoms with Crippen LogP contribution in [0.4, 0.5) is 5.69 Å². The number of benzene rings is 1. The van der Waals surface area contributed by atoms with E-state index in [2.05, 4.69) is 20.3 Å². The van der Waals surface area contributed by atoms with Gasteiger partial charge in [0.25, 0.3) is 0 Å².